The number of carbonyl (C=O) groups excluding carboxylic acids is 1. The first-order chi connectivity index (χ1) is 11.2. The number of aromatic nitrogens is 2. The summed E-state index contributed by atoms with van der Waals surface area (Å²) in [5.41, 5.74) is 2.42. The van der Waals surface area contributed by atoms with Crippen molar-refractivity contribution in [3.05, 3.63) is 41.7 Å². The molecule has 0 atom stereocenters. The van der Waals surface area contributed by atoms with Gasteiger partial charge in [0.1, 0.15) is 5.75 Å². The molecule has 2 aromatic rings. The first-order valence-corrected chi connectivity index (χ1v) is 7.74. The summed E-state index contributed by atoms with van der Waals surface area (Å²) in [5.74, 6) is 1.07. The lowest BCUT2D eigenvalue weighted by Gasteiger charge is -2.08. The minimum Gasteiger partial charge on any atom is -0.497 e. The molecule has 1 heterocycles. The molecule has 1 saturated carbocycles. The Morgan fingerprint density at radius 1 is 1.35 bits per heavy atom. The van der Waals surface area contributed by atoms with Crippen molar-refractivity contribution < 1.29 is 14.3 Å². The van der Waals surface area contributed by atoms with Crippen LogP contribution in [0.3, 0.4) is 0 Å². The molecule has 0 saturated heterocycles. The van der Waals surface area contributed by atoms with Gasteiger partial charge in [-0.15, -0.1) is 0 Å². The first kappa shape index (κ1) is 15.6. The highest BCUT2D eigenvalue weighted by molar-refractivity contribution is 5.92. The summed E-state index contributed by atoms with van der Waals surface area (Å²) in [6.45, 7) is 0.956. The van der Waals surface area contributed by atoms with Crippen LogP contribution in [-0.4, -0.2) is 43.1 Å². The number of amides is 1. The summed E-state index contributed by atoms with van der Waals surface area (Å²) in [4.78, 5) is 12.2. The Bertz CT molecular complexity index is 692. The molecule has 1 aromatic carbocycles. The van der Waals surface area contributed by atoms with E-state index in [1.54, 1.807) is 14.2 Å². The molecule has 1 amide bonds. The molecule has 0 radical (unpaired) electrons. The highest BCUT2D eigenvalue weighted by Crippen LogP contribution is 2.41. The quantitative estimate of drug-likeness (QED) is 0.795. The average Bonchev–Trinajstić information content (AvgIpc) is 3.33. The number of benzene rings is 1. The van der Waals surface area contributed by atoms with Crippen molar-refractivity contribution >= 4 is 5.91 Å². The molecule has 0 spiro atoms. The second-order valence-corrected chi connectivity index (χ2v) is 5.59. The molecule has 23 heavy (non-hydrogen) atoms. The summed E-state index contributed by atoms with van der Waals surface area (Å²) < 4.78 is 12.1. The smallest absolute Gasteiger partial charge is 0.271 e. The summed E-state index contributed by atoms with van der Waals surface area (Å²) in [6, 6.07) is 9.59. The topological polar surface area (TPSA) is 65.4 Å². The molecular weight excluding hydrogens is 294 g/mol. The number of hydrogen-bond acceptors (Lipinski definition) is 4. The van der Waals surface area contributed by atoms with Crippen molar-refractivity contribution in [3.8, 4) is 11.4 Å². The predicted octanol–water partition coefficient (Wildman–Crippen LogP) is 2.13. The second-order valence-electron chi connectivity index (χ2n) is 5.59. The third kappa shape index (κ3) is 3.53. The maximum Gasteiger partial charge on any atom is 0.271 e. The van der Waals surface area contributed by atoms with E-state index in [0.29, 0.717) is 24.8 Å². The molecule has 1 N–H and O–H groups in total. The predicted molar refractivity (Wildman–Crippen MR) is 86.3 cm³/mol. The second kappa shape index (κ2) is 6.83. The van der Waals surface area contributed by atoms with Crippen LogP contribution >= 0.6 is 0 Å². The van der Waals surface area contributed by atoms with E-state index < -0.39 is 0 Å². The Balaban J connectivity index is 1.88. The van der Waals surface area contributed by atoms with Crippen molar-refractivity contribution in [2.24, 2.45) is 0 Å². The summed E-state index contributed by atoms with van der Waals surface area (Å²) in [6.07, 6.45) is 2.28. The summed E-state index contributed by atoms with van der Waals surface area (Å²) in [7, 11) is 3.24. The Kier molecular flexibility index (Phi) is 4.62. The van der Waals surface area contributed by atoms with Gasteiger partial charge in [0.2, 0.25) is 0 Å². The monoisotopic (exact) mass is 315 g/mol. The van der Waals surface area contributed by atoms with Gasteiger partial charge in [-0.1, -0.05) is 6.07 Å². The van der Waals surface area contributed by atoms with Crippen LogP contribution in [0.25, 0.3) is 5.69 Å². The van der Waals surface area contributed by atoms with Crippen LogP contribution in [0.4, 0.5) is 0 Å². The van der Waals surface area contributed by atoms with Crippen LogP contribution in [0, 0.1) is 0 Å². The van der Waals surface area contributed by atoms with Crippen molar-refractivity contribution in [3.63, 3.8) is 0 Å². The van der Waals surface area contributed by atoms with Gasteiger partial charge in [-0.05, 0) is 31.0 Å². The first-order valence-electron chi connectivity index (χ1n) is 7.74. The SMILES string of the molecule is COCCNC(=O)c1cc(C2CC2)n(-c2cccc(OC)c2)n1. The van der Waals surface area contributed by atoms with Crippen LogP contribution < -0.4 is 10.1 Å². The minimum atomic E-state index is -0.175. The van der Waals surface area contributed by atoms with Gasteiger partial charge in [0.15, 0.2) is 5.69 Å². The Morgan fingerprint density at radius 3 is 2.87 bits per heavy atom. The normalized spacial score (nSPS) is 13.8. The van der Waals surface area contributed by atoms with Crippen LogP contribution in [-0.2, 0) is 4.74 Å². The third-order valence-electron chi connectivity index (χ3n) is 3.85. The molecular formula is C17H21N3O3. The zero-order chi connectivity index (χ0) is 16.2. The van der Waals surface area contributed by atoms with E-state index in [0.717, 1.165) is 30.0 Å². The summed E-state index contributed by atoms with van der Waals surface area (Å²) >= 11 is 0. The number of rotatable bonds is 7. The highest BCUT2D eigenvalue weighted by Gasteiger charge is 2.29. The molecule has 6 heteroatoms. The van der Waals surface area contributed by atoms with Gasteiger partial charge in [-0.3, -0.25) is 4.79 Å². The minimum absolute atomic E-state index is 0.175. The number of methoxy groups -OCH3 is 2. The van der Waals surface area contributed by atoms with E-state index in [4.69, 9.17) is 9.47 Å². The zero-order valence-electron chi connectivity index (χ0n) is 13.4. The molecule has 0 aliphatic heterocycles. The van der Waals surface area contributed by atoms with Gasteiger partial charge in [0.25, 0.3) is 5.91 Å². The third-order valence-corrected chi connectivity index (χ3v) is 3.85. The van der Waals surface area contributed by atoms with Crippen molar-refractivity contribution in [2.45, 2.75) is 18.8 Å². The Morgan fingerprint density at radius 2 is 2.17 bits per heavy atom. The fraction of sp³-hybridized carbons (Fsp3) is 0.412. The van der Waals surface area contributed by atoms with Gasteiger partial charge >= 0.3 is 0 Å². The maximum absolute atomic E-state index is 12.2. The van der Waals surface area contributed by atoms with Gasteiger partial charge in [0, 0.05) is 31.3 Å². The standard InChI is InChI=1S/C17H21N3O3/c1-22-9-8-18-17(21)15-11-16(12-6-7-12)20(19-15)13-4-3-5-14(10-13)23-2/h3-5,10-12H,6-9H2,1-2H3,(H,18,21). The van der Waals surface area contributed by atoms with Gasteiger partial charge < -0.3 is 14.8 Å². The number of nitrogens with one attached hydrogen (secondary N) is 1. The molecule has 1 aliphatic rings. The van der Waals surface area contributed by atoms with Crippen LogP contribution in [0.1, 0.15) is 34.9 Å². The lowest BCUT2D eigenvalue weighted by atomic mass is 10.2. The molecule has 122 valence electrons. The molecule has 6 nitrogen and oxygen atoms in total. The molecule has 0 bridgehead atoms. The van der Waals surface area contributed by atoms with E-state index >= 15 is 0 Å². The average molecular weight is 315 g/mol. The van der Waals surface area contributed by atoms with E-state index in [-0.39, 0.29) is 5.91 Å². The van der Waals surface area contributed by atoms with Gasteiger partial charge in [0.05, 0.1) is 19.4 Å². The largest absolute Gasteiger partial charge is 0.497 e. The molecule has 1 fully saturated rings. The number of ether oxygens (including phenoxy) is 2. The lowest BCUT2D eigenvalue weighted by molar-refractivity contribution is 0.0931. The van der Waals surface area contributed by atoms with Crippen molar-refractivity contribution in [2.75, 3.05) is 27.4 Å². The Labute approximate surface area is 135 Å². The lowest BCUT2D eigenvalue weighted by Crippen LogP contribution is -2.27. The maximum atomic E-state index is 12.2. The van der Waals surface area contributed by atoms with E-state index in [1.807, 2.05) is 35.0 Å². The molecule has 3 rings (SSSR count). The zero-order valence-corrected chi connectivity index (χ0v) is 13.4. The van der Waals surface area contributed by atoms with Crippen LogP contribution in [0.15, 0.2) is 30.3 Å². The van der Waals surface area contributed by atoms with Crippen LogP contribution in [0.2, 0.25) is 0 Å². The van der Waals surface area contributed by atoms with Crippen molar-refractivity contribution in [1.82, 2.24) is 15.1 Å². The van der Waals surface area contributed by atoms with Crippen LogP contribution in [0.5, 0.6) is 5.75 Å². The fourth-order valence-corrected chi connectivity index (χ4v) is 2.48. The van der Waals surface area contributed by atoms with Crippen molar-refractivity contribution in [1.29, 1.82) is 0 Å². The fourth-order valence-electron chi connectivity index (χ4n) is 2.48. The molecule has 0 unspecified atom stereocenters. The highest BCUT2D eigenvalue weighted by atomic mass is 16.5. The van der Waals surface area contributed by atoms with E-state index in [2.05, 4.69) is 10.4 Å². The Hall–Kier alpha value is -2.34. The molecule has 1 aromatic heterocycles. The summed E-state index contributed by atoms with van der Waals surface area (Å²) in [5, 5.41) is 7.31. The number of carbonyl (C=O) groups is 1. The van der Waals surface area contributed by atoms with Gasteiger partial charge in [-0.2, -0.15) is 5.10 Å². The molecule has 1 aliphatic carbocycles. The van der Waals surface area contributed by atoms with Gasteiger partial charge in [-0.25, -0.2) is 4.68 Å². The number of nitrogens with zero attached hydrogens (tertiary/aromatic N) is 2. The van der Waals surface area contributed by atoms with E-state index in [1.165, 1.54) is 0 Å². The number of hydrogen-bond donors (Lipinski definition) is 1. The van der Waals surface area contributed by atoms with E-state index in [9.17, 15) is 4.79 Å².